The molecule has 2 heterocycles. The van der Waals surface area contributed by atoms with Crippen LogP contribution in [0, 0.1) is 11.8 Å². The summed E-state index contributed by atoms with van der Waals surface area (Å²) in [5.74, 6) is -0.370. The molecule has 4 rings (SSSR count). The average molecular weight is 264 g/mol. The largest absolute Gasteiger partial charge is 0.458 e. The number of hydrogen-bond donors (Lipinski definition) is 1. The Kier molecular flexibility index (Phi) is 1.92. The van der Waals surface area contributed by atoms with E-state index in [1.165, 1.54) is 0 Å². The summed E-state index contributed by atoms with van der Waals surface area (Å²) in [6.45, 7) is 7.87. The van der Waals surface area contributed by atoms with Gasteiger partial charge in [0.2, 0.25) is 0 Å². The third-order valence-corrected chi connectivity index (χ3v) is 6.05. The zero-order valence-electron chi connectivity index (χ0n) is 11.4. The van der Waals surface area contributed by atoms with E-state index in [9.17, 15) is 9.90 Å². The van der Waals surface area contributed by atoms with Gasteiger partial charge < -0.3 is 14.6 Å². The first-order chi connectivity index (χ1) is 8.81. The Bertz CT molecular complexity index is 496. The zero-order valence-corrected chi connectivity index (χ0v) is 11.4. The summed E-state index contributed by atoms with van der Waals surface area (Å²) < 4.78 is 11.7. The topological polar surface area (TPSA) is 59.1 Å². The maximum atomic E-state index is 11.8. The molecule has 2 saturated heterocycles. The van der Waals surface area contributed by atoms with Crippen LogP contribution in [-0.4, -0.2) is 34.0 Å². The maximum absolute atomic E-state index is 11.8. The highest BCUT2D eigenvalue weighted by atomic mass is 16.6. The van der Waals surface area contributed by atoms with Crippen molar-refractivity contribution in [1.29, 1.82) is 0 Å². The van der Waals surface area contributed by atoms with Crippen LogP contribution in [0.25, 0.3) is 0 Å². The second kappa shape index (κ2) is 3.07. The van der Waals surface area contributed by atoms with E-state index >= 15 is 0 Å². The van der Waals surface area contributed by atoms with Gasteiger partial charge in [0.1, 0.15) is 11.7 Å². The highest BCUT2D eigenvalue weighted by Gasteiger charge is 2.79. The molecule has 0 radical (unpaired) electrons. The summed E-state index contributed by atoms with van der Waals surface area (Å²) in [6, 6.07) is 0. The van der Waals surface area contributed by atoms with Gasteiger partial charge in [-0.25, -0.2) is 4.79 Å². The van der Waals surface area contributed by atoms with Crippen molar-refractivity contribution in [3.63, 3.8) is 0 Å². The van der Waals surface area contributed by atoms with Gasteiger partial charge in [-0.1, -0.05) is 6.58 Å². The van der Waals surface area contributed by atoms with Crippen LogP contribution in [-0.2, 0) is 14.3 Å². The Balaban J connectivity index is 1.82. The Morgan fingerprint density at radius 2 is 2.05 bits per heavy atom. The molecule has 4 fully saturated rings. The number of carbonyl (C=O) groups is 1. The number of esters is 1. The van der Waals surface area contributed by atoms with Crippen LogP contribution in [0.5, 0.6) is 0 Å². The number of carbonyl (C=O) groups excluding carboxylic acids is 1. The minimum absolute atomic E-state index is 0.0483. The first-order valence-corrected chi connectivity index (χ1v) is 7.13. The van der Waals surface area contributed by atoms with E-state index < -0.39 is 5.60 Å². The van der Waals surface area contributed by atoms with Gasteiger partial charge in [0, 0.05) is 11.5 Å². The van der Waals surface area contributed by atoms with Crippen molar-refractivity contribution < 1.29 is 19.4 Å². The average Bonchev–Trinajstić information content (AvgIpc) is 2.70. The van der Waals surface area contributed by atoms with Gasteiger partial charge in [-0.15, -0.1) is 0 Å². The monoisotopic (exact) mass is 264 g/mol. The highest BCUT2D eigenvalue weighted by Crippen LogP contribution is 2.69. The number of hydrogen-bond acceptors (Lipinski definition) is 4. The number of rotatable bonds is 0. The molecular weight excluding hydrogens is 244 g/mol. The molecule has 1 unspecified atom stereocenters. The molecule has 104 valence electrons. The predicted octanol–water partition coefficient (Wildman–Crippen LogP) is 1.57. The number of epoxide rings is 1. The summed E-state index contributed by atoms with van der Waals surface area (Å²) in [4.78, 5) is 11.8. The second-order valence-corrected chi connectivity index (χ2v) is 7.10. The zero-order chi connectivity index (χ0) is 13.6. The Labute approximate surface area is 112 Å². The van der Waals surface area contributed by atoms with Crippen LogP contribution < -0.4 is 0 Å². The smallest absolute Gasteiger partial charge is 0.334 e. The van der Waals surface area contributed by atoms with Gasteiger partial charge in [0.25, 0.3) is 0 Å². The summed E-state index contributed by atoms with van der Waals surface area (Å²) in [7, 11) is 0. The molecule has 4 aliphatic rings. The lowest BCUT2D eigenvalue weighted by atomic mass is 9.76. The maximum Gasteiger partial charge on any atom is 0.334 e. The first kappa shape index (κ1) is 11.9. The van der Waals surface area contributed by atoms with Gasteiger partial charge in [-0.3, -0.25) is 0 Å². The van der Waals surface area contributed by atoms with Crippen LogP contribution >= 0.6 is 0 Å². The fraction of sp³-hybridized carbons (Fsp3) is 0.800. The molecule has 2 saturated carbocycles. The molecule has 2 aliphatic carbocycles. The van der Waals surface area contributed by atoms with E-state index in [-0.39, 0.29) is 35.1 Å². The van der Waals surface area contributed by atoms with Crippen LogP contribution in [0.15, 0.2) is 12.2 Å². The SMILES string of the molecule is C=C1C(=O)O[C@@H]2C3[C@](C)(O)CC[C@@]34O[C@@]4(C)CC[C@@H]12. The molecule has 0 aromatic carbocycles. The van der Waals surface area contributed by atoms with Gasteiger partial charge in [0.15, 0.2) is 0 Å². The van der Waals surface area contributed by atoms with Crippen molar-refractivity contribution in [2.24, 2.45) is 11.8 Å². The van der Waals surface area contributed by atoms with E-state index in [2.05, 4.69) is 13.5 Å². The molecule has 4 heteroatoms. The van der Waals surface area contributed by atoms with Crippen molar-refractivity contribution in [3.8, 4) is 0 Å². The van der Waals surface area contributed by atoms with E-state index in [4.69, 9.17) is 9.47 Å². The molecule has 0 bridgehead atoms. The minimum Gasteiger partial charge on any atom is -0.458 e. The summed E-state index contributed by atoms with van der Waals surface area (Å²) >= 11 is 0. The van der Waals surface area contributed by atoms with Gasteiger partial charge in [-0.2, -0.15) is 0 Å². The Hall–Kier alpha value is -0.870. The third kappa shape index (κ3) is 1.20. The number of aliphatic hydroxyl groups is 1. The molecule has 4 nitrogen and oxygen atoms in total. The molecule has 0 amide bonds. The molecule has 0 aromatic rings. The Morgan fingerprint density at radius 3 is 2.79 bits per heavy atom. The quantitative estimate of drug-likeness (QED) is 0.410. The Morgan fingerprint density at radius 1 is 1.32 bits per heavy atom. The molecule has 6 atom stereocenters. The van der Waals surface area contributed by atoms with Crippen molar-refractivity contribution in [2.75, 3.05) is 0 Å². The van der Waals surface area contributed by atoms with Gasteiger partial charge in [-0.05, 0) is 39.5 Å². The first-order valence-electron chi connectivity index (χ1n) is 7.13. The normalized spacial score (nSPS) is 59.0. The lowest BCUT2D eigenvalue weighted by Crippen LogP contribution is -2.46. The molecule has 1 N–H and O–H groups in total. The van der Waals surface area contributed by atoms with Crippen molar-refractivity contribution in [1.82, 2.24) is 0 Å². The van der Waals surface area contributed by atoms with E-state index in [0.29, 0.717) is 12.0 Å². The van der Waals surface area contributed by atoms with Crippen molar-refractivity contribution in [2.45, 2.75) is 62.4 Å². The third-order valence-electron chi connectivity index (χ3n) is 6.05. The van der Waals surface area contributed by atoms with Gasteiger partial charge >= 0.3 is 5.97 Å². The van der Waals surface area contributed by atoms with E-state index in [0.717, 1.165) is 19.3 Å². The summed E-state index contributed by atoms with van der Waals surface area (Å²) in [5.41, 5.74) is -0.695. The lowest BCUT2D eigenvalue weighted by Gasteiger charge is -2.33. The molecular formula is C15H20O4. The summed E-state index contributed by atoms with van der Waals surface area (Å²) in [6.07, 6.45) is 3.08. The highest BCUT2D eigenvalue weighted by molar-refractivity contribution is 5.91. The van der Waals surface area contributed by atoms with Crippen LogP contribution in [0.4, 0.5) is 0 Å². The lowest BCUT2D eigenvalue weighted by molar-refractivity contribution is -0.147. The molecule has 2 aliphatic heterocycles. The van der Waals surface area contributed by atoms with Crippen LogP contribution in [0.3, 0.4) is 0 Å². The fourth-order valence-corrected chi connectivity index (χ4v) is 4.92. The van der Waals surface area contributed by atoms with Gasteiger partial charge in [0.05, 0.1) is 17.1 Å². The van der Waals surface area contributed by atoms with Crippen molar-refractivity contribution >= 4 is 5.97 Å². The summed E-state index contributed by atoms with van der Waals surface area (Å²) in [5, 5.41) is 10.7. The minimum atomic E-state index is -0.823. The second-order valence-electron chi connectivity index (χ2n) is 7.10. The fourth-order valence-electron chi connectivity index (χ4n) is 4.92. The van der Waals surface area contributed by atoms with E-state index in [1.807, 2.05) is 6.92 Å². The molecule has 1 spiro atoms. The number of ether oxygens (including phenoxy) is 2. The number of fused-ring (bicyclic) bond motifs is 2. The van der Waals surface area contributed by atoms with E-state index in [1.54, 1.807) is 0 Å². The van der Waals surface area contributed by atoms with Crippen LogP contribution in [0.1, 0.15) is 39.5 Å². The van der Waals surface area contributed by atoms with Crippen LogP contribution in [0.2, 0.25) is 0 Å². The predicted molar refractivity (Wildman–Crippen MR) is 67.3 cm³/mol. The van der Waals surface area contributed by atoms with Crippen molar-refractivity contribution in [3.05, 3.63) is 12.2 Å². The molecule has 0 aromatic heterocycles. The standard InChI is InChI=1S/C15H20O4/c1-8-9-4-5-14(3)15(19-14)7-6-13(2,17)11(15)10(9)18-12(8)16/h9-11,17H,1,4-7H2,2-3H3/t9-,10-,11?,13+,14-,15+/m0/s1. The molecule has 19 heavy (non-hydrogen) atoms.